The molecule has 0 unspecified atom stereocenters. The standard InChI is InChI=1S/C17H20N2O/c20-17(19-15-6-3-7-15)16-11-10-14(12-18-16)9-8-13-4-1-2-5-13/h10-13,15H,1-7H2,(H,19,20). The van der Waals surface area contributed by atoms with Gasteiger partial charge in [0.05, 0.1) is 0 Å². The predicted molar refractivity (Wildman–Crippen MR) is 78.2 cm³/mol. The lowest BCUT2D eigenvalue weighted by Crippen LogP contribution is -2.39. The van der Waals surface area contributed by atoms with Crippen molar-refractivity contribution in [1.29, 1.82) is 0 Å². The molecule has 1 aromatic heterocycles. The highest BCUT2D eigenvalue weighted by atomic mass is 16.1. The maximum atomic E-state index is 11.9. The zero-order valence-corrected chi connectivity index (χ0v) is 11.7. The molecule has 1 aromatic rings. The van der Waals surface area contributed by atoms with E-state index in [-0.39, 0.29) is 5.91 Å². The molecule has 0 radical (unpaired) electrons. The number of hydrogen-bond acceptors (Lipinski definition) is 2. The van der Waals surface area contributed by atoms with Crippen molar-refractivity contribution in [2.24, 2.45) is 5.92 Å². The first kappa shape index (κ1) is 13.2. The molecule has 0 aromatic carbocycles. The van der Waals surface area contributed by atoms with Gasteiger partial charge in [-0.1, -0.05) is 24.7 Å². The number of rotatable bonds is 2. The number of carbonyl (C=O) groups is 1. The lowest BCUT2D eigenvalue weighted by atomic mass is 9.93. The Kier molecular flexibility index (Phi) is 4.01. The van der Waals surface area contributed by atoms with E-state index in [1.54, 1.807) is 12.3 Å². The van der Waals surface area contributed by atoms with Gasteiger partial charge in [0.25, 0.3) is 5.91 Å². The largest absolute Gasteiger partial charge is 0.348 e. The SMILES string of the molecule is O=C(NC1CCC1)c1ccc(C#CC2CCCC2)cn1. The molecule has 20 heavy (non-hydrogen) atoms. The Hall–Kier alpha value is -1.82. The molecule has 0 bridgehead atoms. The Labute approximate surface area is 120 Å². The lowest BCUT2D eigenvalue weighted by Gasteiger charge is -2.26. The van der Waals surface area contributed by atoms with Gasteiger partial charge >= 0.3 is 0 Å². The van der Waals surface area contributed by atoms with Crippen LogP contribution in [0.4, 0.5) is 0 Å². The molecule has 2 fully saturated rings. The van der Waals surface area contributed by atoms with Crippen molar-refractivity contribution in [3.8, 4) is 11.8 Å². The third-order valence-electron chi connectivity index (χ3n) is 4.21. The monoisotopic (exact) mass is 268 g/mol. The third kappa shape index (κ3) is 3.19. The van der Waals surface area contributed by atoms with E-state index in [0.29, 0.717) is 17.7 Å². The van der Waals surface area contributed by atoms with Crippen LogP contribution in [0.2, 0.25) is 0 Å². The van der Waals surface area contributed by atoms with Gasteiger partial charge in [0, 0.05) is 23.7 Å². The van der Waals surface area contributed by atoms with Crippen molar-refractivity contribution >= 4 is 5.91 Å². The Morgan fingerprint density at radius 1 is 1.15 bits per heavy atom. The first-order chi connectivity index (χ1) is 9.81. The van der Waals surface area contributed by atoms with E-state index < -0.39 is 0 Å². The predicted octanol–water partition coefficient (Wildman–Crippen LogP) is 2.91. The summed E-state index contributed by atoms with van der Waals surface area (Å²) in [4.78, 5) is 16.1. The highest BCUT2D eigenvalue weighted by Crippen LogP contribution is 2.23. The molecular formula is C17H20N2O. The van der Waals surface area contributed by atoms with Gasteiger partial charge in [0.1, 0.15) is 5.69 Å². The summed E-state index contributed by atoms with van der Waals surface area (Å²) >= 11 is 0. The number of nitrogens with one attached hydrogen (secondary N) is 1. The smallest absolute Gasteiger partial charge is 0.270 e. The van der Waals surface area contributed by atoms with E-state index in [4.69, 9.17) is 0 Å². The summed E-state index contributed by atoms with van der Waals surface area (Å²) in [6, 6.07) is 4.02. The Bertz CT molecular complexity index is 528. The Morgan fingerprint density at radius 3 is 2.55 bits per heavy atom. The zero-order valence-electron chi connectivity index (χ0n) is 11.7. The van der Waals surface area contributed by atoms with E-state index in [9.17, 15) is 4.79 Å². The number of pyridine rings is 1. The van der Waals surface area contributed by atoms with Gasteiger partial charge < -0.3 is 5.32 Å². The maximum Gasteiger partial charge on any atom is 0.270 e. The molecule has 1 heterocycles. The Morgan fingerprint density at radius 2 is 1.95 bits per heavy atom. The summed E-state index contributed by atoms with van der Waals surface area (Å²) in [5, 5.41) is 2.99. The van der Waals surface area contributed by atoms with Crippen LogP contribution in [0, 0.1) is 17.8 Å². The van der Waals surface area contributed by atoms with Gasteiger partial charge in [-0.05, 0) is 44.2 Å². The second-order valence-corrected chi connectivity index (χ2v) is 5.78. The lowest BCUT2D eigenvalue weighted by molar-refractivity contribution is 0.0912. The van der Waals surface area contributed by atoms with Gasteiger partial charge in [-0.3, -0.25) is 4.79 Å². The fourth-order valence-corrected chi connectivity index (χ4v) is 2.67. The number of hydrogen-bond donors (Lipinski definition) is 1. The fourth-order valence-electron chi connectivity index (χ4n) is 2.67. The van der Waals surface area contributed by atoms with Gasteiger partial charge in [0.15, 0.2) is 0 Å². The van der Waals surface area contributed by atoms with Gasteiger partial charge in [0.2, 0.25) is 0 Å². The van der Waals surface area contributed by atoms with Crippen molar-refractivity contribution in [2.75, 3.05) is 0 Å². The minimum Gasteiger partial charge on any atom is -0.348 e. The molecule has 2 aliphatic carbocycles. The zero-order chi connectivity index (χ0) is 13.8. The summed E-state index contributed by atoms with van der Waals surface area (Å²) in [5.74, 6) is 6.97. The molecule has 0 aliphatic heterocycles. The van der Waals surface area contributed by atoms with Crippen molar-refractivity contribution in [3.63, 3.8) is 0 Å². The molecule has 3 nitrogen and oxygen atoms in total. The van der Waals surface area contributed by atoms with Crippen LogP contribution in [-0.4, -0.2) is 16.9 Å². The third-order valence-corrected chi connectivity index (χ3v) is 4.21. The highest BCUT2D eigenvalue weighted by Gasteiger charge is 2.20. The first-order valence-electron chi connectivity index (χ1n) is 7.60. The quantitative estimate of drug-likeness (QED) is 0.838. The minimum atomic E-state index is -0.0648. The van der Waals surface area contributed by atoms with E-state index in [2.05, 4.69) is 22.1 Å². The molecule has 0 saturated heterocycles. The fraction of sp³-hybridized carbons (Fsp3) is 0.529. The minimum absolute atomic E-state index is 0.0648. The van der Waals surface area contributed by atoms with Crippen molar-refractivity contribution in [1.82, 2.24) is 10.3 Å². The molecule has 2 saturated carbocycles. The second kappa shape index (κ2) is 6.09. The average molecular weight is 268 g/mol. The van der Waals surface area contributed by atoms with Crippen molar-refractivity contribution in [2.45, 2.75) is 51.0 Å². The first-order valence-corrected chi connectivity index (χ1v) is 7.60. The van der Waals surface area contributed by atoms with Crippen LogP contribution in [0.5, 0.6) is 0 Å². The van der Waals surface area contributed by atoms with Crippen LogP contribution in [0.25, 0.3) is 0 Å². The number of nitrogens with zero attached hydrogens (tertiary/aromatic N) is 1. The van der Waals surface area contributed by atoms with Crippen LogP contribution in [0.15, 0.2) is 18.3 Å². The maximum absolute atomic E-state index is 11.9. The van der Waals surface area contributed by atoms with Crippen molar-refractivity contribution < 1.29 is 4.79 Å². The summed E-state index contributed by atoms with van der Waals surface area (Å²) in [5.41, 5.74) is 1.39. The van der Waals surface area contributed by atoms with Gasteiger partial charge in [-0.2, -0.15) is 0 Å². The molecule has 1 N–H and O–H groups in total. The number of aromatic nitrogens is 1. The van der Waals surface area contributed by atoms with Crippen LogP contribution in [-0.2, 0) is 0 Å². The van der Waals surface area contributed by atoms with E-state index in [1.807, 2.05) is 6.07 Å². The van der Waals surface area contributed by atoms with Crippen LogP contribution in [0.1, 0.15) is 61.0 Å². The molecular weight excluding hydrogens is 248 g/mol. The molecule has 3 heteroatoms. The summed E-state index contributed by atoms with van der Waals surface area (Å²) in [6.45, 7) is 0. The molecule has 1 amide bonds. The highest BCUT2D eigenvalue weighted by molar-refractivity contribution is 5.92. The molecule has 2 aliphatic rings. The van der Waals surface area contributed by atoms with Gasteiger partial charge in [-0.25, -0.2) is 4.98 Å². The number of carbonyl (C=O) groups excluding carboxylic acids is 1. The molecule has 0 spiro atoms. The Balaban J connectivity index is 1.59. The number of amides is 1. The summed E-state index contributed by atoms with van der Waals surface area (Å²) < 4.78 is 0. The summed E-state index contributed by atoms with van der Waals surface area (Å²) in [7, 11) is 0. The van der Waals surface area contributed by atoms with E-state index in [0.717, 1.165) is 18.4 Å². The summed E-state index contributed by atoms with van der Waals surface area (Å²) in [6.07, 6.45) is 10.2. The van der Waals surface area contributed by atoms with Crippen LogP contribution < -0.4 is 5.32 Å². The molecule has 3 rings (SSSR count). The molecule has 0 atom stereocenters. The van der Waals surface area contributed by atoms with Crippen molar-refractivity contribution in [3.05, 3.63) is 29.6 Å². The topological polar surface area (TPSA) is 42.0 Å². The van der Waals surface area contributed by atoms with Crippen LogP contribution in [0.3, 0.4) is 0 Å². The van der Waals surface area contributed by atoms with E-state index in [1.165, 1.54) is 32.1 Å². The molecule has 104 valence electrons. The second-order valence-electron chi connectivity index (χ2n) is 5.78. The average Bonchev–Trinajstić information content (AvgIpc) is 2.94. The normalized spacial score (nSPS) is 19.0. The van der Waals surface area contributed by atoms with E-state index >= 15 is 0 Å². The van der Waals surface area contributed by atoms with Crippen LogP contribution >= 0.6 is 0 Å². The van der Waals surface area contributed by atoms with Gasteiger partial charge in [-0.15, -0.1) is 0 Å².